The largest absolute Gasteiger partial charge is 0.394 e. The van der Waals surface area contributed by atoms with E-state index in [1.54, 1.807) is 80.6 Å². The maximum Gasteiger partial charge on any atom is 0.245 e. The summed E-state index contributed by atoms with van der Waals surface area (Å²) in [6.45, 7) is 5.38. The molecule has 11 amide bonds. The third-order valence-corrected chi connectivity index (χ3v) is 16.8. The molecule has 1 aromatic heterocycles. The fourth-order valence-electron chi connectivity index (χ4n) is 11.4. The van der Waals surface area contributed by atoms with Crippen molar-refractivity contribution in [2.45, 2.75) is 159 Å². The van der Waals surface area contributed by atoms with Gasteiger partial charge in [0, 0.05) is 69.7 Å². The number of nitrogens with one attached hydrogen (secondary N) is 9. The van der Waals surface area contributed by atoms with Crippen LogP contribution in [0, 0.1) is 5.92 Å². The molecule has 1 fully saturated rings. The van der Waals surface area contributed by atoms with E-state index in [-0.39, 0.29) is 102 Å². The molecular formula is C70H93ClN18O12. The second-order valence-corrected chi connectivity index (χ2v) is 25.6. The summed E-state index contributed by atoms with van der Waals surface area (Å²) in [7, 11) is 0. The van der Waals surface area contributed by atoms with Crippen LogP contribution >= 0.6 is 11.6 Å². The zero-order valence-electron chi connectivity index (χ0n) is 57.0. The van der Waals surface area contributed by atoms with Crippen LogP contribution in [-0.4, -0.2) is 179 Å². The predicted molar refractivity (Wildman–Crippen MR) is 380 cm³/mol. The fourth-order valence-corrected chi connectivity index (χ4v) is 11.5. The molecule has 20 N–H and O–H groups in total. The molecule has 542 valence electrons. The number of fused-ring (bicyclic) bond motifs is 1. The third-order valence-electron chi connectivity index (χ3n) is 16.6. The highest BCUT2D eigenvalue weighted by atomic mass is 35.5. The number of hydrogen-bond donors (Lipinski definition) is 15. The summed E-state index contributed by atoms with van der Waals surface area (Å²) in [5.41, 5.74) is 30.1. The lowest BCUT2D eigenvalue weighted by molar-refractivity contribution is -0.142. The number of aromatic nitrogens is 1. The number of pyridine rings is 1. The summed E-state index contributed by atoms with van der Waals surface area (Å²) in [6, 6.07) is 18.0. The molecule has 10 atom stereocenters. The Hall–Kier alpha value is -10.7. The van der Waals surface area contributed by atoms with Gasteiger partial charge in [0.25, 0.3) is 0 Å². The van der Waals surface area contributed by atoms with Crippen LogP contribution in [0.15, 0.2) is 132 Å². The van der Waals surface area contributed by atoms with E-state index < -0.39 is 132 Å². The molecule has 1 aliphatic heterocycles. The van der Waals surface area contributed by atoms with Gasteiger partial charge in [-0.05, 0) is 109 Å². The van der Waals surface area contributed by atoms with Gasteiger partial charge in [0.05, 0.1) is 6.61 Å². The molecular weight excluding hydrogens is 1320 g/mol. The van der Waals surface area contributed by atoms with Gasteiger partial charge in [-0.25, -0.2) is 0 Å². The van der Waals surface area contributed by atoms with Crippen LogP contribution in [0.5, 0.6) is 0 Å². The Balaban J connectivity index is 1.25. The van der Waals surface area contributed by atoms with Crippen molar-refractivity contribution in [3.63, 3.8) is 0 Å². The molecule has 0 saturated carbocycles. The fraction of sp³-hybridized carbons (Fsp3) is 0.429. The van der Waals surface area contributed by atoms with Crippen molar-refractivity contribution < 1.29 is 57.8 Å². The van der Waals surface area contributed by atoms with Gasteiger partial charge >= 0.3 is 0 Å². The first-order valence-electron chi connectivity index (χ1n) is 33.3. The second kappa shape index (κ2) is 39.7. The Bertz CT molecular complexity index is 3730. The van der Waals surface area contributed by atoms with Gasteiger partial charge in [-0.1, -0.05) is 116 Å². The Morgan fingerprint density at radius 2 is 0.980 bits per heavy atom. The summed E-state index contributed by atoms with van der Waals surface area (Å²) in [5, 5.41) is 37.3. The number of rotatable bonds is 38. The van der Waals surface area contributed by atoms with Crippen LogP contribution in [-0.2, 0) is 78.4 Å². The summed E-state index contributed by atoms with van der Waals surface area (Å²) in [4.78, 5) is 168. The highest BCUT2D eigenvalue weighted by Crippen LogP contribution is 2.22. The van der Waals surface area contributed by atoms with E-state index in [9.17, 15) is 57.8 Å². The van der Waals surface area contributed by atoms with E-state index in [0.29, 0.717) is 33.7 Å². The van der Waals surface area contributed by atoms with Crippen LogP contribution in [0.25, 0.3) is 10.8 Å². The van der Waals surface area contributed by atoms with Crippen molar-refractivity contribution in [1.82, 2.24) is 57.7 Å². The molecule has 0 spiro atoms. The lowest BCUT2D eigenvalue weighted by atomic mass is 9.99. The minimum Gasteiger partial charge on any atom is -0.394 e. The van der Waals surface area contributed by atoms with Gasteiger partial charge in [-0.2, -0.15) is 0 Å². The maximum atomic E-state index is 14.8. The normalized spacial score (nSPS) is 15.2. The second-order valence-electron chi connectivity index (χ2n) is 25.2. The minimum absolute atomic E-state index is 0.0148. The van der Waals surface area contributed by atoms with E-state index in [4.69, 9.17) is 40.3 Å². The van der Waals surface area contributed by atoms with Crippen molar-refractivity contribution in [3.8, 4) is 0 Å². The summed E-state index contributed by atoms with van der Waals surface area (Å²) in [5.74, 6) is -9.49. The van der Waals surface area contributed by atoms with Gasteiger partial charge in [-0.15, -0.1) is 0 Å². The van der Waals surface area contributed by atoms with E-state index in [1.807, 2.05) is 42.5 Å². The molecule has 4 aromatic carbocycles. The Morgan fingerprint density at radius 3 is 1.52 bits per heavy atom. The summed E-state index contributed by atoms with van der Waals surface area (Å²) < 4.78 is 0. The van der Waals surface area contributed by atoms with Crippen LogP contribution in [0.2, 0.25) is 5.02 Å². The number of hydrogen-bond acceptors (Lipinski definition) is 15. The molecule has 0 bridgehead atoms. The zero-order valence-corrected chi connectivity index (χ0v) is 57.8. The number of nitrogens with zero attached hydrogens (tertiary/aromatic N) is 4. The van der Waals surface area contributed by atoms with Crippen LogP contribution in [0.1, 0.15) is 94.9 Å². The van der Waals surface area contributed by atoms with E-state index in [0.717, 1.165) is 10.8 Å². The number of carbonyl (C=O) groups is 11. The number of halogens is 1. The Labute approximate surface area is 590 Å². The van der Waals surface area contributed by atoms with Crippen molar-refractivity contribution in [1.29, 1.82) is 0 Å². The number of benzene rings is 4. The van der Waals surface area contributed by atoms with E-state index >= 15 is 0 Å². The summed E-state index contributed by atoms with van der Waals surface area (Å²) >= 11 is 6.23. The number of aliphatic hydroxyl groups excluding tert-OH is 1. The van der Waals surface area contributed by atoms with E-state index in [2.05, 4.69) is 62.8 Å². The number of likely N-dealkylation sites (tertiary alicyclic amines) is 1. The van der Waals surface area contributed by atoms with Crippen LogP contribution < -0.4 is 76.5 Å². The standard InChI is InChI=1S/C70H93ClN18O12/c1-40(2)32-52(61(94)83-51(20-12-30-79-70(75)76)68(101)89-31-13-21-58(89)67(100)80-41(3)59(72)92)84-64(97)56(37-46-16-10-28-77-38-46)85-60(93)50(19-11-29-78-69(73)74)82-66(99)57(39-90)88-65(98)54(34-43-14-6-5-7-15-43)87-63(96)55(35-44-23-26-49(71)27-24-44)86-62(95)53(81-42(4)91)36-45-22-25-47-17-8-9-18-48(47)33-45/h5-10,14-18,22-28,33,38,40-41,50-58,90H,11-13,19-21,29-32,34-37,39H2,1-4H3,(H2,72,92)(H,80,100)(H,81,91)(H,82,99)(H,83,94)(H,84,97)(H,85,93)(H,86,95)(H,87,96)(H,88,98)(H4,73,74,78)(H4,75,76,79). The van der Waals surface area contributed by atoms with Gasteiger partial charge in [-0.3, -0.25) is 67.7 Å². The molecule has 5 aromatic rings. The third kappa shape index (κ3) is 26.1. The molecule has 6 rings (SSSR count). The maximum absolute atomic E-state index is 14.8. The molecule has 0 radical (unpaired) electrons. The highest BCUT2D eigenvalue weighted by molar-refractivity contribution is 6.30. The number of aliphatic hydroxyl groups is 1. The first-order valence-corrected chi connectivity index (χ1v) is 33.7. The first kappa shape index (κ1) is 79.2. The molecule has 1 saturated heterocycles. The monoisotopic (exact) mass is 1410 g/mol. The number of guanidine groups is 2. The number of carbonyl (C=O) groups excluding carboxylic acids is 11. The number of nitrogens with two attached hydrogens (primary N) is 5. The summed E-state index contributed by atoms with van der Waals surface area (Å²) in [6.07, 6.45) is 3.20. The number of primary amides is 1. The molecule has 0 aliphatic carbocycles. The molecule has 2 heterocycles. The lowest BCUT2D eigenvalue weighted by Crippen LogP contribution is -2.61. The van der Waals surface area contributed by atoms with E-state index in [1.165, 1.54) is 31.1 Å². The van der Waals surface area contributed by atoms with Gasteiger partial charge in [0.1, 0.15) is 60.4 Å². The van der Waals surface area contributed by atoms with Crippen molar-refractivity contribution in [2.24, 2.45) is 44.6 Å². The smallest absolute Gasteiger partial charge is 0.245 e. The Morgan fingerprint density at radius 1 is 0.525 bits per heavy atom. The molecule has 30 nitrogen and oxygen atoms in total. The molecule has 1 aliphatic rings. The van der Waals surface area contributed by atoms with Crippen molar-refractivity contribution in [3.05, 3.63) is 149 Å². The lowest BCUT2D eigenvalue weighted by Gasteiger charge is -2.31. The SMILES string of the molecule is CC(=O)NC(Cc1ccc2ccccc2c1)C(=O)NC(Cc1ccc(Cl)cc1)C(=O)NC(Cc1ccccc1)C(=O)NC(CO)C(=O)NC(CCCN=C(N)N)C(=O)NC(Cc1cccnc1)C(=O)NC(CC(C)C)C(=O)NC(CCCN=C(N)N)C(=O)N1CCCC1C(=O)NC(C)C(N)=O. The molecule has 10 unspecified atom stereocenters. The minimum atomic E-state index is -1.80. The average Bonchev–Trinajstić information content (AvgIpc) is 1.81. The Kier molecular flexibility index (Phi) is 31.2. The van der Waals surface area contributed by atoms with Crippen LogP contribution in [0.4, 0.5) is 0 Å². The zero-order chi connectivity index (χ0) is 73.7. The molecule has 31 heteroatoms. The average molecular weight is 1410 g/mol. The molecule has 101 heavy (non-hydrogen) atoms. The highest BCUT2D eigenvalue weighted by Gasteiger charge is 2.40. The van der Waals surface area contributed by atoms with Gasteiger partial charge in [0.2, 0.25) is 65.0 Å². The first-order chi connectivity index (χ1) is 48.2. The topological polar surface area (TPSA) is 487 Å². The number of aliphatic imine (C=N–C) groups is 2. The van der Waals surface area contributed by atoms with Crippen LogP contribution in [0.3, 0.4) is 0 Å². The van der Waals surface area contributed by atoms with Gasteiger partial charge < -0.3 is 86.5 Å². The van der Waals surface area contributed by atoms with Crippen molar-refractivity contribution in [2.75, 3.05) is 26.2 Å². The van der Waals surface area contributed by atoms with Gasteiger partial charge in [0.15, 0.2) is 11.9 Å². The quantitative estimate of drug-likeness (QED) is 0.0130. The predicted octanol–water partition coefficient (Wildman–Crippen LogP) is -0.816. The number of amides is 11. The van der Waals surface area contributed by atoms with Crippen molar-refractivity contribution >= 4 is 99.3 Å².